The van der Waals surface area contributed by atoms with Gasteiger partial charge in [0.25, 0.3) is 0 Å². The minimum Gasteiger partial charge on any atom is -0.481 e. The Bertz CT molecular complexity index is 624. The lowest BCUT2D eigenvalue weighted by atomic mass is 9.99. The second-order valence-corrected chi connectivity index (χ2v) is 13.4. The summed E-state index contributed by atoms with van der Waals surface area (Å²) in [6.07, 6.45) is 32.1. The molecule has 0 radical (unpaired) electrons. The highest BCUT2D eigenvalue weighted by molar-refractivity contribution is 7.99. The molecule has 0 aliphatic carbocycles. The van der Waals surface area contributed by atoms with Gasteiger partial charge in [-0.05, 0) is 12.8 Å². The van der Waals surface area contributed by atoms with Crippen molar-refractivity contribution >= 4 is 29.5 Å². The highest BCUT2D eigenvalue weighted by Gasteiger charge is 2.25. The molecule has 0 rings (SSSR count). The van der Waals surface area contributed by atoms with E-state index >= 15 is 0 Å². The van der Waals surface area contributed by atoms with E-state index in [1.54, 1.807) is 0 Å². The second kappa shape index (κ2) is 32.9. The molecule has 6 heteroatoms. The number of hydrogen-bond donors (Lipinski definition) is 1. The van der Waals surface area contributed by atoms with Crippen LogP contribution in [0.1, 0.15) is 187 Å². The van der Waals surface area contributed by atoms with Gasteiger partial charge in [-0.1, -0.05) is 162 Å². The standard InChI is InChI=1S/C36H68O5S/c1-3-5-7-9-11-13-15-16-17-18-19-20-22-24-26-28-34(37)33(36(39)40)32-42-31-29-35(38)41-30-27-25-23-21-14-12-10-8-6-4-2/h33H,3-32H2,1-2H3,(H,39,40). The largest absolute Gasteiger partial charge is 0.481 e. The first-order valence-electron chi connectivity index (χ1n) is 18.0. The molecule has 0 fully saturated rings. The molecule has 1 N–H and O–H groups in total. The zero-order chi connectivity index (χ0) is 30.9. The monoisotopic (exact) mass is 612 g/mol. The van der Waals surface area contributed by atoms with Crippen LogP contribution in [0.15, 0.2) is 0 Å². The van der Waals surface area contributed by atoms with Crippen LogP contribution in [-0.2, 0) is 19.1 Å². The molecule has 248 valence electrons. The van der Waals surface area contributed by atoms with Crippen LogP contribution < -0.4 is 0 Å². The molecule has 0 amide bonds. The first kappa shape index (κ1) is 41.0. The molecule has 0 aromatic carbocycles. The van der Waals surface area contributed by atoms with Gasteiger partial charge in [-0.25, -0.2) is 0 Å². The van der Waals surface area contributed by atoms with Crippen molar-refractivity contribution in [2.24, 2.45) is 5.92 Å². The van der Waals surface area contributed by atoms with Crippen LogP contribution >= 0.6 is 11.8 Å². The number of thioether (sulfide) groups is 1. The van der Waals surface area contributed by atoms with Gasteiger partial charge in [0, 0.05) is 17.9 Å². The molecule has 0 aliphatic rings. The molecular weight excluding hydrogens is 544 g/mol. The number of carboxylic acids is 1. The maximum atomic E-state index is 12.5. The van der Waals surface area contributed by atoms with Gasteiger partial charge in [0.05, 0.1) is 13.0 Å². The summed E-state index contributed by atoms with van der Waals surface area (Å²) in [6.45, 7) is 4.97. The van der Waals surface area contributed by atoms with Crippen molar-refractivity contribution in [2.75, 3.05) is 18.1 Å². The number of unbranched alkanes of at least 4 members (excludes halogenated alkanes) is 23. The highest BCUT2D eigenvalue weighted by atomic mass is 32.2. The van der Waals surface area contributed by atoms with Gasteiger partial charge in [0.1, 0.15) is 11.7 Å². The van der Waals surface area contributed by atoms with E-state index in [0.29, 0.717) is 18.8 Å². The minimum absolute atomic E-state index is 0.173. The summed E-state index contributed by atoms with van der Waals surface area (Å²) in [6, 6.07) is 0. The third-order valence-corrected chi connectivity index (χ3v) is 9.27. The fourth-order valence-electron chi connectivity index (χ4n) is 5.35. The molecule has 42 heavy (non-hydrogen) atoms. The van der Waals surface area contributed by atoms with Gasteiger partial charge >= 0.3 is 11.9 Å². The molecule has 0 aliphatic heterocycles. The summed E-state index contributed by atoms with van der Waals surface area (Å²) in [5.41, 5.74) is 0. The molecule has 0 saturated carbocycles. The summed E-state index contributed by atoms with van der Waals surface area (Å²) < 4.78 is 5.32. The fourth-order valence-corrected chi connectivity index (χ4v) is 6.39. The Morgan fingerprint density at radius 3 is 1.33 bits per heavy atom. The predicted molar refractivity (Wildman–Crippen MR) is 180 cm³/mol. The Labute approximate surface area is 264 Å². The van der Waals surface area contributed by atoms with Crippen LogP contribution in [-0.4, -0.2) is 40.9 Å². The summed E-state index contributed by atoms with van der Waals surface area (Å²) in [4.78, 5) is 36.1. The Morgan fingerprint density at radius 2 is 0.929 bits per heavy atom. The van der Waals surface area contributed by atoms with Crippen molar-refractivity contribution in [2.45, 2.75) is 187 Å². The smallest absolute Gasteiger partial charge is 0.314 e. The second-order valence-electron chi connectivity index (χ2n) is 12.3. The Morgan fingerprint density at radius 1 is 0.548 bits per heavy atom. The number of ketones is 1. The van der Waals surface area contributed by atoms with Crippen LogP contribution in [0.4, 0.5) is 0 Å². The van der Waals surface area contributed by atoms with E-state index in [2.05, 4.69) is 13.8 Å². The number of carbonyl (C=O) groups excluding carboxylic acids is 2. The van der Waals surface area contributed by atoms with Crippen LogP contribution in [0.25, 0.3) is 0 Å². The van der Waals surface area contributed by atoms with Crippen molar-refractivity contribution in [3.8, 4) is 0 Å². The number of ether oxygens (including phenoxy) is 1. The molecule has 0 spiro atoms. The SMILES string of the molecule is CCCCCCCCCCCCCCCCCC(=O)C(CSCCC(=O)OCCCCCCCCCCCC)C(=O)O. The topological polar surface area (TPSA) is 80.7 Å². The van der Waals surface area contributed by atoms with Gasteiger partial charge < -0.3 is 9.84 Å². The quantitative estimate of drug-likeness (QED) is 0.0442. The van der Waals surface area contributed by atoms with Gasteiger partial charge in [-0.2, -0.15) is 11.8 Å². The molecule has 1 unspecified atom stereocenters. The summed E-state index contributed by atoms with van der Waals surface area (Å²) in [5, 5.41) is 9.52. The van der Waals surface area contributed by atoms with Gasteiger partial charge in [0.2, 0.25) is 0 Å². The number of esters is 1. The number of carboxylic acid groups (broad SMARTS) is 1. The first-order valence-corrected chi connectivity index (χ1v) is 19.2. The van der Waals surface area contributed by atoms with E-state index in [1.165, 1.54) is 140 Å². The molecule has 0 aromatic rings. The molecule has 5 nitrogen and oxygen atoms in total. The van der Waals surface area contributed by atoms with Crippen molar-refractivity contribution in [1.82, 2.24) is 0 Å². The molecule has 0 bridgehead atoms. The zero-order valence-electron chi connectivity index (χ0n) is 27.8. The van der Waals surface area contributed by atoms with Crippen LogP contribution in [0, 0.1) is 5.92 Å². The van der Waals surface area contributed by atoms with Gasteiger partial charge in [-0.15, -0.1) is 0 Å². The number of Topliss-reactive ketones (excluding diaryl/α,β-unsaturated/α-hetero) is 1. The Kier molecular flexibility index (Phi) is 32.1. The molecule has 0 saturated heterocycles. The fraction of sp³-hybridized carbons (Fsp3) is 0.917. The van der Waals surface area contributed by atoms with Crippen molar-refractivity contribution in [3.05, 3.63) is 0 Å². The first-order chi connectivity index (χ1) is 20.5. The normalized spacial score (nSPS) is 12.0. The predicted octanol–water partition coefficient (Wildman–Crippen LogP) is 11.1. The van der Waals surface area contributed by atoms with Gasteiger partial charge in [0.15, 0.2) is 0 Å². The lowest BCUT2D eigenvalue weighted by Crippen LogP contribution is -2.26. The lowest BCUT2D eigenvalue weighted by molar-refractivity contribution is -0.145. The maximum Gasteiger partial charge on any atom is 0.314 e. The average molecular weight is 613 g/mol. The summed E-state index contributed by atoms with van der Waals surface area (Å²) in [7, 11) is 0. The summed E-state index contributed by atoms with van der Waals surface area (Å²) >= 11 is 1.37. The molecular formula is C36H68O5S. The number of hydrogen-bond acceptors (Lipinski definition) is 5. The van der Waals surface area contributed by atoms with Crippen molar-refractivity contribution in [1.29, 1.82) is 0 Å². The summed E-state index contributed by atoms with van der Waals surface area (Å²) in [5.74, 6) is -1.69. The average Bonchev–Trinajstić information content (AvgIpc) is 2.97. The van der Waals surface area contributed by atoms with E-state index in [1.807, 2.05) is 0 Å². The zero-order valence-corrected chi connectivity index (χ0v) is 28.6. The van der Waals surface area contributed by atoms with Gasteiger partial charge in [-0.3, -0.25) is 14.4 Å². The number of carbonyl (C=O) groups is 3. The van der Waals surface area contributed by atoms with E-state index in [-0.39, 0.29) is 23.9 Å². The van der Waals surface area contributed by atoms with Crippen LogP contribution in [0.5, 0.6) is 0 Å². The van der Waals surface area contributed by atoms with Crippen molar-refractivity contribution in [3.63, 3.8) is 0 Å². The Hall–Kier alpha value is -1.04. The highest BCUT2D eigenvalue weighted by Crippen LogP contribution is 2.17. The minimum atomic E-state index is -1.04. The van der Waals surface area contributed by atoms with Crippen LogP contribution in [0.2, 0.25) is 0 Å². The molecule has 0 heterocycles. The van der Waals surface area contributed by atoms with E-state index in [9.17, 15) is 19.5 Å². The van der Waals surface area contributed by atoms with E-state index in [0.717, 1.165) is 32.1 Å². The third-order valence-electron chi connectivity index (χ3n) is 8.21. The number of aliphatic carboxylic acids is 1. The number of rotatable bonds is 34. The molecule has 0 aromatic heterocycles. The van der Waals surface area contributed by atoms with E-state index < -0.39 is 11.9 Å². The maximum absolute atomic E-state index is 12.5. The van der Waals surface area contributed by atoms with Crippen molar-refractivity contribution < 1.29 is 24.2 Å². The Balaban J connectivity index is 3.64. The van der Waals surface area contributed by atoms with Crippen LogP contribution in [0.3, 0.4) is 0 Å². The molecule has 1 atom stereocenters. The lowest BCUT2D eigenvalue weighted by Gasteiger charge is -2.11. The van der Waals surface area contributed by atoms with E-state index in [4.69, 9.17) is 4.74 Å². The third kappa shape index (κ3) is 29.1.